The van der Waals surface area contributed by atoms with E-state index in [1.165, 1.54) is 0 Å². The van der Waals surface area contributed by atoms with Crippen molar-refractivity contribution < 1.29 is 19.4 Å². The highest BCUT2D eigenvalue weighted by Crippen LogP contribution is 2.38. The molecule has 8 heteroatoms. The first-order valence-electron chi connectivity index (χ1n) is 7.42. The van der Waals surface area contributed by atoms with Gasteiger partial charge in [0.2, 0.25) is 0 Å². The molecule has 0 saturated carbocycles. The Bertz CT molecular complexity index is 693. The minimum Gasteiger partial charge on any atom is -0.506 e. The number of phenolic OH excluding ortho intramolecular Hbond substituents is 1. The van der Waals surface area contributed by atoms with E-state index in [-0.39, 0.29) is 18.3 Å². The second kappa shape index (κ2) is 7.57. The Morgan fingerprint density at radius 3 is 2.42 bits per heavy atom. The smallest absolute Gasteiger partial charge is 0.338 e. The highest BCUT2D eigenvalue weighted by atomic mass is 79.9. The molecule has 1 aromatic rings. The first-order chi connectivity index (χ1) is 11.3. The second-order valence-electron chi connectivity index (χ2n) is 5.57. The van der Waals surface area contributed by atoms with Crippen molar-refractivity contribution in [2.24, 2.45) is 5.92 Å². The summed E-state index contributed by atoms with van der Waals surface area (Å²) in [4.78, 5) is 24.5. The number of esters is 1. The SMILES string of the molecule is CCOC(=O)C1=C(C(C)C)NC(=O)NC1c1cc(Br)c(O)c(Br)c1. The number of hydrogen-bond acceptors (Lipinski definition) is 4. The summed E-state index contributed by atoms with van der Waals surface area (Å²) in [6.07, 6.45) is 0. The number of carbonyl (C=O) groups excluding carboxylic acids is 2. The maximum atomic E-state index is 12.5. The molecule has 0 aromatic heterocycles. The quantitative estimate of drug-likeness (QED) is 0.596. The summed E-state index contributed by atoms with van der Waals surface area (Å²) < 4.78 is 6.08. The Hall–Kier alpha value is -1.54. The molecule has 1 unspecified atom stereocenters. The Morgan fingerprint density at radius 2 is 1.92 bits per heavy atom. The van der Waals surface area contributed by atoms with Crippen molar-refractivity contribution in [1.29, 1.82) is 0 Å². The van der Waals surface area contributed by atoms with Gasteiger partial charge in [0.25, 0.3) is 0 Å². The van der Waals surface area contributed by atoms with Crippen molar-refractivity contribution in [3.05, 3.63) is 37.9 Å². The van der Waals surface area contributed by atoms with Crippen molar-refractivity contribution in [1.82, 2.24) is 10.6 Å². The summed E-state index contributed by atoms with van der Waals surface area (Å²) in [5.74, 6) is -0.509. The third-order valence-corrected chi connectivity index (χ3v) is 4.76. The van der Waals surface area contributed by atoms with Crippen LogP contribution >= 0.6 is 31.9 Å². The molecular formula is C16H18Br2N2O4. The average molecular weight is 462 g/mol. The number of amides is 2. The number of aromatic hydroxyl groups is 1. The summed E-state index contributed by atoms with van der Waals surface area (Å²) in [5.41, 5.74) is 1.53. The van der Waals surface area contributed by atoms with Crippen LogP contribution in [0.3, 0.4) is 0 Å². The van der Waals surface area contributed by atoms with E-state index in [0.29, 0.717) is 25.8 Å². The van der Waals surface area contributed by atoms with E-state index in [9.17, 15) is 14.7 Å². The summed E-state index contributed by atoms with van der Waals surface area (Å²) >= 11 is 6.54. The van der Waals surface area contributed by atoms with E-state index < -0.39 is 18.0 Å². The van der Waals surface area contributed by atoms with E-state index in [4.69, 9.17) is 4.74 Å². The van der Waals surface area contributed by atoms with Crippen LogP contribution in [0.25, 0.3) is 0 Å². The van der Waals surface area contributed by atoms with Crippen LogP contribution in [0.15, 0.2) is 32.3 Å². The van der Waals surface area contributed by atoms with Crippen LogP contribution in [0.5, 0.6) is 5.75 Å². The summed E-state index contributed by atoms with van der Waals surface area (Å²) in [5, 5.41) is 15.3. The van der Waals surface area contributed by atoms with Gasteiger partial charge in [-0.15, -0.1) is 0 Å². The molecule has 6 nitrogen and oxygen atoms in total. The number of carbonyl (C=O) groups is 2. The van der Waals surface area contributed by atoms with Gasteiger partial charge in [0, 0.05) is 5.70 Å². The van der Waals surface area contributed by atoms with E-state index in [1.54, 1.807) is 19.1 Å². The topological polar surface area (TPSA) is 87.7 Å². The number of allylic oxidation sites excluding steroid dienone is 1. The highest BCUT2D eigenvalue weighted by molar-refractivity contribution is 9.11. The number of nitrogens with one attached hydrogen (secondary N) is 2. The molecule has 24 heavy (non-hydrogen) atoms. The fourth-order valence-corrected chi connectivity index (χ4v) is 3.70. The Kier molecular flexibility index (Phi) is 5.92. The maximum Gasteiger partial charge on any atom is 0.338 e. The molecule has 1 heterocycles. The molecule has 130 valence electrons. The fourth-order valence-electron chi connectivity index (χ4n) is 2.48. The van der Waals surface area contributed by atoms with Gasteiger partial charge in [0.1, 0.15) is 5.75 Å². The van der Waals surface area contributed by atoms with Gasteiger partial charge in [-0.2, -0.15) is 0 Å². The van der Waals surface area contributed by atoms with Crippen LogP contribution in [0.4, 0.5) is 4.79 Å². The minimum atomic E-state index is -0.677. The Morgan fingerprint density at radius 1 is 1.33 bits per heavy atom. The minimum absolute atomic E-state index is 0.0461. The molecule has 0 spiro atoms. The van der Waals surface area contributed by atoms with Crippen LogP contribution in [0.1, 0.15) is 32.4 Å². The number of rotatable bonds is 4. The number of benzene rings is 1. The molecule has 2 rings (SSSR count). The molecule has 2 amide bonds. The van der Waals surface area contributed by atoms with Gasteiger partial charge < -0.3 is 20.5 Å². The number of halogens is 2. The summed E-state index contributed by atoms with van der Waals surface area (Å²) in [6.45, 7) is 5.74. The van der Waals surface area contributed by atoms with Gasteiger partial charge in [-0.1, -0.05) is 13.8 Å². The zero-order chi connectivity index (χ0) is 18.0. The standard InChI is InChI=1S/C16H18Br2N2O4/c1-4-24-15(22)11-12(7(2)3)19-16(23)20-13(11)8-5-9(17)14(21)10(18)6-8/h5-7,13,21H,4H2,1-3H3,(H2,19,20,23). The molecule has 0 radical (unpaired) electrons. The predicted octanol–water partition coefficient (Wildman–Crippen LogP) is 3.74. The Labute approximate surface area is 156 Å². The van der Waals surface area contributed by atoms with Gasteiger partial charge >= 0.3 is 12.0 Å². The van der Waals surface area contributed by atoms with Crippen LogP contribution in [-0.2, 0) is 9.53 Å². The van der Waals surface area contributed by atoms with Crippen molar-refractivity contribution in [3.8, 4) is 5.75 Å². The van der Waals surface area contributed by atoms with E-state index in [0.717, 1.165) is 0 Å². The highest BCUT2D eigenvalue weighted by Gasteiger charge is 2.35. The first-order valence-corrected chi connectivity index (χ1v) is 9.01. The fraction of sp³-hybridized carbons (Fsp3) is 0.375. The van der Waals surface area contributed by atoms with Crippen LogP contribution in [0, 0.1) is 5.92 Å². The largest absolute Gasteiger partial charge is 0.506 e. The molecule has 0 fully saturated rings. The molecule has 0 aliphatic carbocycles. The number of hydrogen-bond donors (Lipinski definition) is 3. The van der Waals surface area contributed by atoms with Crippen molar-refractivity contribution >= 4 is 43.9 Å². The van der Waals surface area contributed by atoms with Crippen molar-refractivity contribution in [3.63, 3.8) is 0 Å². The second-order valence-corrected chi connectivity index (χ2v) is 7.28. The normalized spacial score (nSPS) is 17.6. The maximum absolute atomic E-state index is 12.5. The molecule has 0 saturated heterocycles. The zero-order valence-electron chi connectivity index (χ0n) is 13.4. The van der Waals surface area contributed by atoms with Gasteiger partial charge in [-0.05, 0) is 62.4 Å². The van der Waals surface area contributed by atoms with E-state index >= 15 is 0 Å². The van der Waals surface area contributed by atoms with Gasteiger partial charge in [-0.25, -0.2) is 9.59 Å². The summed E-state index contributed by atoms with van der Waals surface area (Å²) in [7, 11) is 0. The number of phenols is 1. The van der Waals surface area contributed by atoms with Crippen molar-refractivity contribution in [2.75, 3.05) is 6.61 Å². The predicted molar refractivity (Wildman–Crippen MR) is 96.4 cm³/mol. The van der Waals surface area contributed by atoms with Crippen LogP contribution in [-0.4, -0.2) is 23.7 Å². The molecule has 3 N–H and O–H groups in total. The van der Waals surface area contributed by atoms with E-state index in [1.807, 2.05) is 13.8 Å². The third-order valence-electron chi connectivity index (χ3n) is 3.55. The number of ether oxygens (including phenoxy) is 1. The van der Waals surface area contributed by atoms with E-state index in [2.05, 4.69) is 42.5 Å². The number of urea groups is 1. The molecule has 1 aliphatic heterocycles. The lowest BCUT2D eigenvalue weighted by Crippen LogP contribution is -2.47. The van der Waals surface area contributed by atoms with Crippen molar-refractivity contribution in [2.45, 2.75) is 26.8 Å². The third kappa shape index (κ3) is 3.75. The summed E-state index contributed by atoms with van der Waals surface area (Å²) in [6, 6.07) is 2.25. The molecule has 0 bridgehead atoms. The lowest BCUT2D eigenvalue weighted by atomic mass is 9.91. The molecular weight excluding hydrogens is 444 g/mol. The monoisotopic (exact) mass is 460 g/mol. The van der Waals surface area contributed by atoms with Crippen LogP contribution in [0.2, 0.25) is 0 Å². The molecule has 1 aliphatic rings. The van der Waals surface area contributed by atoms with Gasteiger partial charge in [0.05, 0.1) is 27.2 Å². The average Bonchev–Trinajstić information content (AvgIpc) is 2.51. The lowest BCUT2D eigenvalue weighted by Gasteiger charge is -2.31. The Balaban J connectivity index is 2.62. The van der Waals surface area contributed by atoms with Gasteiger partial charge in [-0.3, -0.25) is 0 Å². The lowest BCUT2D eigenvalue weighted by molar-refractivity contribution is -0.139. The first kappa shape index (κ1) is 18.8. The van der Waals surface area contributed by atoms with Gasteiger partial charge in [0.15, 0.2) is 0 Å². The van der Waals surface area contributed by atoms with Crippen LogP contribution < -0.4 is 10.6 Å². The molecule has 1 aromatic carbocycles. The molecule has 1 atom stereocenters. The zero-order valence-corrected chi connectivity index (χ0v) is 16.6.